The van der Waals surface area contributed by atoms with E-state index in [9.17, 15) is 4.79 Å². The lowest BCUT2D eigenvalue weighted by atomic mass is 10.2. The van der Waals surface area contributed by atoms with Crippen LogP contribution in [0.2, 0.25) is 0 Å². The molecule has 0 unspecified atom stereocenters. The second kappa shape index (κ2) is 8.12. The molecule has 4 rings (SSSR count). The molecule has 2 aromatic heterocycles. The number of aromatic nitrogens is 2. The van der Waals surface area contributed by atoms with Crippen LogP contribution in [0, 0.1) is 6.92 Å². The largest absolute Gasteiger partial charge is 0.278 e. The molecule has 0 aliphatic carbocycles. The number of para-hydroxylation sites is 1. The van der Waals surface area contributed by atoms with Crippen LogP contribution in [0.15, 0.2) is 71.8 Å². The van der Waals surface area contributed by atoms with Gasteiger partial charge >= 0.3 is 0 Å². The molecule has 0 aliphatic rings. The van der Waals surface area contributed by atoms with Crippen molar-refractivity contribution in [1.29, 1.82) is 0 Å². The van der Waals surface area contributed by atoms with Crippen LogP contribution in [0.3, 0.4) is 0 Å². The maximum atomic E-state index is 13.5. The summed E-state index contributed by atoms with van der Waals surface area (Å²) in [6, 6.07) is 19.5. The lowest BCUT2D eigenvalue weighted by Crippen LogP contribution is -2.31. The third-order valence-corrected chi connectivity index (χ3v) is 6.31. The predicted molar refractivity (Wildman–Crippen MR) is 117 cm³/mol. The van der Waals surface area contributed by atoms with E-state index in [1.165, 1.54) is 11.3 Å². The minimum Gasteiger partial charge on any atom is -0.278 e. The fraction of sp³-hybridized carbons (Fsp3) is 0.136. The van der Waals surface area contributed by atoms with Crippen LogP contribution in [-0.2, 0) is 6.54 Å². The molecule has 1 amide bonds. The quantitative estimate of drug-likeness (QED) is 0.407. The van der Waals surface area contributed by atoms with Gasteiger partial charge in [0.2, 0.25) is 0 Å². The van der Waals surface area contributed by atoms with Gasteiger partial charge in [-0.1, -0.05) is 41.7 Å². The number of hydrogen-bond donors (Lipinski definition) is 0. The molecule has 28 heavy (non-hydrogen) atoms. The summed E-state index contributed by atoms with van der Waals surface area (Å²) in [5.41, 5.74) is 3.56. The third-order valence-electron chi connectivity index (χ3n) is 4.47. The van der Waals surface area contributed by atoms with E-state index < -0.39 is 0 Å². The molecule has 0 aliphatic heterocycles. The van der Waals surface area contributed by atoms with Gasteiger partial charge in [0.15, 0.2) is 5.13 Å². The molecule has 0 N–H and O–H groups in total. The second-order valence-electron chi connectivity index (χ2n) is 6.33. The number of aryl methyl sites for hydroxylation is 1. The van der Waals surface area contributed by atoms with Gasteiger partial charge in [0.05, 0.1) is 28.0 Å². The summed E-state index contributed by atoms with van der Waals surface area (Å²) < 4.78 is 1.08. The van der Waals surface area contributed by atoms with Gasteiger partial charge in [-0.05, 0) is 49.1 Å². The fourth-order valence-electron chi connectivity index (χ4n) is 3.04. The number of rotatable bonds is 5. The zero-order chi connectivity index (χ0) is 19.5. The Kier molecular flexibility index (Phi) is 5.41. The van der Waals surface area contributed by atoms with Gasteiger partial charge in [-0.25, -0.2) is 4.98 Å². The Morgan fingerprint density at radius 1 is 1.07 bits per heavy atom. The van der Waals surface area contributed by atoms with E-state index in [1.807, 2.05) is 73.8 Å². The number of hydrogen-bond acceptors (Lipinski definition) is 5. The number of amides is 1. The molecule has 2 aromatic carbocycles. The van der Waals surface area contributed by atoms with Crippen molar-refractivity contribution in [2.45, 2.75) is 18.4 Å². The number of fused-ring (bicyclic) bond motifs is 1. The van der Waals surface area contributed by atoms with Crippen LogP contribution in [0.25, 0.3) is 10.2 Å². The Bertz CT molecular complexity index is 1130. The van der Waals surface area contributed by atoms with Gasteiger partial charge in [-0.2, -0.15) is 0 Å². The van der Waals surface area contributed by atoms with Crippen LogP contribution in [0.5, 0.6) is 0 Å². The van der Waals surface area contributed by atoms with Crippen LogP contribution >= 0.6 is 23.1 Å². The first-order valence-corrected chi connectivity index (χ1v) is 10.9. The lowest BCUT2D eigenvalue weighted by molar-refractivity contribution is 0.0982. The highest BCUT2D eigenvalue weighted by Crippen LogP contribution is 2.33. The highest BCUT2D eigenvalue weighted by molar-refractivity contribution is 7.98. The SMILES string of the molecule is CSc1ccccc1C(=O)N(Cc1ccccn1)c1nc2c(C)cccc2s1. The molecular formula is C22H19N3OS2. The highest BCUT2D eigenvalue weighted by atomic mass is 32.2. The van der Waals surface area contributed by atoms with Crippen molar-refractivity contribution in [3.05, 3.63) is 83.7 Å². The molecule has 140 valence electrons. The lowest BCUT2D eigenvalue weighted by Gasteiger charge is -2.20. The number of anilines is 1. The van der Waals surface area contributed by atoms with E-state index in [0.29, 0.717) is 17.2 Å². The number of benzene rings is 2. The van der Waals surface area contributed by atoms with Gasteiger partial charge < -0.3 is 0 Å². The molecule has 0 saturated carbocycles. The molecule has 0 bridgehead atoms. The number of pyridine rings is 1. The zero-order valence-corrected chi connectivity index (χ0v) is 17.3. The molecule has 0 saturated heterocycles. The summed E-state index contributed by atoms with van der Waals surface area (Å²) >= 11 is 3.10. The average molecular weight is 406 g/mol. The van der Waals surface area contributed by atoms with Gasteiger partial charge in [-0.3, -0.25) is 14.7 Å². The van der Waals surface area contributed by atoms with Crippen molar-refractivity contribution in [1.82, 2.24) is 9.97 Å². The Hall–Kier alpha value is -2.70. The molecule has 0 radical (unpaired) electrons. The standard InChI is InChI=1S/C22H19N3OS2/c1-15-8-7-12-19-20(15)24-22(28-19)25(14-16-9-5-6-13-23-16)21(26)17-10-3-4-11-18(17)27-2/h3-13H,14H2,1-2H3. The van der Waals surface area contributed by atoms with E-state index in [4.69, 9.17) is 4.98 Å². The molecule has 0 atom stereocenters. The molecule has 6 heteroatoms. The summed E-state index contributed by atoms with van der Waals surface area (Å²) in [7, 11) is 0. The zero-order valence-electron chi connectivity index (χ0n) is 15.6. The van der Waals surface area contributed by atoms with Gasteiger partial charge in [0.25, 0.3) is 5.91 Å². The average Bonchev–Trinajstić information content (AvgIpc) is 3.17. The Morgan fingerprint density at radius 2 is 1.89 bits per heavy atom. The first kappa shape index (κ1) is 18.7. The Labute approximate surface area is 172 Å². The third kappa shape index (κ3) is 3.66. The van der Waals surface area contributed by atoms with Crippen molar-refractivity contribution in [3.8, 4) is 0 Å². The first-order valence-electron chi connectivity index (χ1n) is 8.88. The van der Waals surface area contributed by atoms with Crippen molar-refractivity contribution in [2.24, 2.45) is 0 Å². The van der Waals surface area contributed by atoms with E-state index >= 15 is 0 Å². The summed E-state index contributed by atoms with van der Waals surface area (Å²) in [6.07, 6.45) is 3.73. The first-order chi connectivity index (χ1) is 13.7. The molecule has 4 aromatic rings. The van der Waals surface area contributed by atoms with Crippen molar-refractivity contribution in [3.63, 3.8) is 0 Å². The monoisotopic (exact) mass is 405 g/mol. The second-order valence-corrected chi connectivity index (χ2v) is 8.19. The van der Waals surface area contributed by atoms with Crippen molar-refractivity contribution in [2.75, 3.05) is 11.2 Å². The smallest absolute Gasteiger partial charge is 0.261 e. The summed E-state index contributed by atoms with van der Waals surface area (Å²) in [6.45, 7) is 2.42. The van der Waals surface area contributed by atoms with E-state index in [1.54, 1.807) is 22.9 Å². The Balaban J connectivity index is 1.81. The normalized spacial score (nSPS) is 10.9. The summed E-state index contributed by atoms with van der Waals surface area (Å²) in [5, 5.41) is 0.691. The maximum Gasteiger partial charge on any atom is 0.261 e. The Morgan fingerprint density at radius 3 is 2.64 bits per heavy atom. The van der Waals surface area contributed by atoms with Crippen LogP contribution in [-0.4, -0.2) is 22.1 Å². The minimum absolute atomic E-state index is 0.0627. The van der Waals surface area contributed by atoms with E-state index in [-0.39, 0.29) is 5.91 Å². The van der Waals surface area contributed by atoms with Gasteiger partial charge in [0, 0.05) is 11.1 Å². The number of thiazole rings is 1. The molecule has 0 spiro atoms. The maximum absolute atomic E-state index is 13.5. The van der Waals surface area contributed by atoms with Crippen LogP contribution in [0.1, 0.15) is 21.6 Å². The predicted octanol–water partition coefficient (Wildman–Crippen LogP) is 5.57. The molecular weight excluding hydrogens is 386 g/mol. The number of nitrogens with zero attached hydrogens (tertiary/aromatic N) is 3. The van der Waals surface area contributed by atoms with Crippen LogP contribution in [0.4, 0.5) is 5.13 Å². The van der Waals surface area contributed by atoms with Crippen molar-refractivity contribution < 1.29 is 4.79 Å². The fourth-order valence-corrected chi connectivity index (χ4v) is 4.67. The van der Waals surface area contributed by atoms with Crippen molar-refractivity contribution >= 4 is 44.4 Å². The van der Waals surface area contributed by atoms with Gasteiger partial charge in [0.1, 0.15) is 0 Å². The number of thioether (sulfide) groups is 1. The van der Waals surface area contributed by atoms with Crippen LogP contribution < -0.4 is 4.90 Å². The van der Waals surface area contributed by atoms with E-state index in [0.717, 1.165) is 26.4 Å². The molecule has 4 nitrogen and oxygen atoms in total. The van der Waals surface area contributed by atoms with E-state index in [2.05, 4.69) is 4.98 Å². The number of carbonyl (C=O) groups excluding carboxylic acids is 1. The summed E-state index contributed by atoms with van der Waals surface area (Å²) in [5.74, 6) is -0.0627. The highest BCUT2D eigenvalue weighted by Gasteiger charge is 2.24. The number of carbonyl (C=O) groups is 1. The van der Waals surface area contributed by atoms with Gasteiger partial charge in [-0.15, -0.1) is 11.8 Å². The molecule has 2 heterocycles. The molecule has 0 fully saturated rings. The topological polar surface area (TPSA) is 46.1 Å². The minimum atomic E-state index is -0.0627. The summed E-state index contributed by atoms with van der Waals surface area (Å²) in [4.78, 5) is 25.4.